The van der Waals surface area contributed by atoms with Crippen LogP contribution in [0.5, 0.6) is 0 Å². The van der Waals surface area contributed by atoms with Gasteiger partial charge in [0.25, 0.3) is 0 Å². The first-order chi connectivity index (χ1) is 11.5. The zero-order valence-electron chi connectivity index (χ0n) is 14.9. The van der Waals surface area contributed by atoms with Gasteiger partial charge in [-0.3, -0.25) is 9.69 Å². The van der Waals surface area contributed by atoms with Crippen molar-refractivity contribution in [2.24, 2.45) is 5.73 Å². The van der Waals surface area contributed by atoms with Crippen molar-refractivity contribution in [1.82, 2.24) is 9.80 Å². The number of piperazine rings is 1. The molecule has 0 spiro atoms. The molecule has 0 aromatic heterocycles. The Labute approximate surface area is 154 Å². The van der Waals surface area contributed by atoms with Crippen molar-refractivity contribution in [3.63, 3.8) is 0 Å². The normalized spacial score (nSPS) is 17.7. The maximum absolute atomic E-state index is 14.1. The molecule has 7 heteroatoms. The molecule has 1 aromatic carbocycles. The summed E-state index contributed by atoms with van der Waals surface area (Å²) in [6.07, 6.45) is 2.30. The number of benzene rings is 1. The van der Waals surface area contributed by atoms with E-state index >= 15 is 0 Å². The van der Waals surface area contributed by atoms with Gasteiger partial charge in [0.15, 0.2) is 0 Å². The van der Waals surface area contributed by atoms with E-state index in [0.29, 0.717) is 38.2 Å². The van der Waals surface area contributed by atoms with Crippen LogP contribution >= 0.6 is 12.4 Å². The lowest BCUT2D eigenvalue weighted by Crippen LogP contribution is -2.53. The number of nitrogens with zero attached hydrogens (tertiary/aromatic N) is 2. The molecule has 4 nitrogen and oxygen atoms in total. The second kappa shape index (κ2) is 10.0. The number of hydrogen-bond donors (Lipinski definition) is 1. The number of amides is 1. The van der Waals surface area contributed by atoms with Gasteiger partial charge in [0.1, 0.15) is 11.6 Å². The van der Waals surface area contributed by atoms with E-state index in [1.165, 1.54) is 12.1 Å². The highest BCUT2D eigenvalue weighted by molar-refractivity contribution is 5.85. The van der Waals surface area contributed by atoms with E-state index in [2.05, 4.69) is 4.90 Å². The van der Waals surface area contributed by atoms with E-state index in [1.54, 1.807) is 4.90 Å². The van der Waals surface area contributed by atoms with Crippen LogP contribution in [0, 0.1) is 11.6 Å². The second-order valence-corrected chi connectivity index (χ2v) is 6.35. The molecule has 1 fully saturated rings. The van der Waals surface area contributed by atoms with E-state index < -0.39 is 17.7 Å². The molecule has 142 valence electrons. The van der Waals surface area contributed by atoms with Gasteiger partial charge in [0.2, 0.25) is 5.91 Å². The molecule has 2 atom stereocenters. The molecule has 2 N–H and O–H groups in total. The predicted molar refractivity (Wildman–Crippen MR) is 97.7 cm³/mol. The number of carbonyl (C=O) groups excluding carboxylic acids is 1. The summed E-state index contributed by atoms with van der Waals surface area (Å²) in [4.78, 5) is 16.2. The Balaban J connectivity index is 0.00000312. The Hall–Kier alpha value is -1.24. The molecule has 2 unspecified atom stereocenters. The first-order valence-electron chi connectivity index (χ1n) is 8.71. The summed E-state index contributed by atoms with van der Waals surface area (Å²) in [7, 11) is 0. The molecule has 0 radical (unpaired) electrons. The van der Waals surface area contributed by atoms with Gasteiger partial charge in [-0.15, -0.1) is 12.4 Å². The van der Waals surface area contributed by atoms with E-state index in [9.17, 15) is 13.6 Å². The lowest BCUT2D eigenvalue weighted by atomic mass is 10.0. The SMILES string of the molecule is CCCC(N)C(=O)N1CCN(C(CC)c2ccc(F)cc2F)CC1.Cl. The van der Waals surface area contributed by atoms with Crippen LogP contribution in [0.1, 0.15) is 44.7 Å². The van der Waals surface area contributed by atoms with Crippen LogP contribution < -0.4 is 5.73 Å². The van der Waals surface area contributed by atoms with Crippen molar-refractivity contribution in [3.8, 4) is 0 Å². The van der Waals surface area contributed by atoms with Crippen LogP contribution in [0.25, 0.3) is 0 Å². The maximum Gasteiger partial charge on any atom is 0.239 e. The number of rotatable bonds is 6. The first-order valence-corrected chi connectivity index (χ1v) is 8.71. The van der Waals surface area contributed by atoms with Crippen molar-refractivity contribution < 1.29 is 13.6 Å². The number of carbonyl (C=O) groups is 1. The minimum Gasteiger partial charge on any atom is -0.339 e. The molecule has 1 amide bonds. The van der Waals surface area contributed by atoms with Crippen molar-refractivity contribution in [3.05, 3.63) is 35.4 Å². The van der Waals surface area contributed by atoms with Gasteiger partial charge in [0.05, 0.1) is 6.04 Å². The van der Waals surface area contributed by atoms with Crippen LogP contribution in [-0.4, -0.2) is 47.9 Å². The van der Waals surface area contributed by atoms with E-state index in [4.69, 9.17) is 5.73 Å². The number of hydrogen-bond acceptors (Lipinski definition) is 3. The Bertz CT molecular complexity index is 565. The third kappa shape index (κ3) is 5.36. The zero-order chi connectivity index (χ0) is 17.7. The summed E-state index contributed by atoms with van der Waals surface area (Å²) in [5.74, 6) is -1.07. The highest BCUT2D eigenvalue weighted by Gasteiger charge is 2.29. The van der Waals surface area contributed by atoms with E-state index in [1.807, 2.05) is 13.8 Å². The van der Waals surface area contributed by atoms with Gasteiger partial charge >= 0.3 is 0 Å². The summed E-state index contributed by atoms with van der Waals surface area (Å²) in [6, 6.07) is 3.21. The van der Waals surface area contributed by atoms with Gasteiger partial charge in [0, 0.05) is 43.9 Å². The number of halogens is 3. The average Bonchev–Trinajstić information content (AvgIpc) is 2.57. The van der Waals surface area contributed by atoms with Crippen LogP contribution in [0.15, 0.2) is 18.2 Å². The van der Waals surface area contributed by atoms with E-state index in [0.717, 1.165) is 18.9 Å². The summed E-state index contributed by atoms with van der Waals surface area (Å²) in [5.41, 5.74) is 6.43. The minimum atomic E-state index is -0.563. The smallest absolute Gasteiger partial charge is 0.239 e. The Morgan fingerprint density at radius 2 is 1.84 bits per heavy atom. The summed E-state index contributed by atoms with van der Waals surface area (Å²) < 4.78 is 27.2. The fraction of sp³-hybridized carbons (Fsp3) is 0.611. The molecule has 25 heavy (non-hydrogen) atoms. The predicted octanol–water partition coefficient (Wildman–Crippen LogP) is 3.11. The summed E-state index contributed by atoms with van der Waals surface area (Å²) in [6.45, 7) is 6.52. The van der Waals surface area contributed by atoms with Crippen molar-refractivity contribution in [2.45, 2.75) is 45.2 Å². The molecule has 1 heterocycles. The van der Waals surface area contributed by atoms with Crippen LogP contribution in [0.4, 0.5) is 8.78 Å². The van der Waals surface area contributed by atoms with Gasteiger partial charge in [-0.1, -0.05) is 26.3 Å². The fourth-order valence-electron chi connectivity index (χ4n) is 3.37. The Kier molecular flexibility index (Phi) is 8.76. The highest BCUT2D eigenvalue weighted by atomic mass is 35.5. The molecular weight excluding hydrogens is 348 g/mol. The minimum absolute atomic E-state index is 0. The van der Waals surface area contributed by atoms with Gasteiger partial charge in [-0.25, -0.2) is 8.78 Å². The lowest BCUT2D eigenvalue weighted by Gasteiger charge is -2.40. The summed E-state index contributed by atoms with van der Waals surface area (Å²) in [5, 5.41) is 0. The Morgan fingerprint density at radius 3 is 2.36 bits per heavy atom. The van der Waals surface area contributed by atoms with Gasteiger partial charge in [-0.05, 0) is 18.9 Å². The highest BCUT2D eigenvalue weighted by Crippen LogP contribution is 2.28. The largest absolute Gasteiger partial charge is 0.339 e. The van der Waals surface area contributed by atoms with Crippen molar-refractivity contribution in [2.75, 3.05) is 26.2 Å². The Morgan fingerprint density at radius 1 is 1.20 bits per heavy atom. The molecule has 2 rings (SSSR count). The van der Waals surface area contributed by atoms with Crippen molar-refractivity contribution >= 4 is 18.3 Å². The topological polar surface area (TPSA) is 49.6 Å². The van der Waals surface area contributed by atoms with Crippen LogP contribution in [-0.2, 0) is 4.79 Å². The average molecular weight is 376 g/mol. The molecule has 1 aliphatic heterocycles. The third-order valence-electron chi connectivity index (χ3n) is 4.69. The quantitative estimate of drug-likeness (QED) is 0.831. The lowest BCUT2D eigenvalue weighted by molar-refractivity contribution is -0.134. The fourth-order valence-corrected chi connectivity index (χ4v) is 3.37. The third-order valence-corrected chi connectivity index (χ3v) is 4.69. The van der Waals surface area contributed by atoms with Gasteiger partial charge < -0.3 is 10.6 Å². The monoisotopic (exact) mass is 375 g/mol. The standard InChI is InChI=1S/C18H27F2N3O.ClH/c1-3-5-16(21)18(24)23-10-8-22(9-11-23)17(4-2)14-7-6-13(19)12-15(14)20;/h6-7,12,16-17H,3-5,8-11,21H2,1-2H3;1H. The molecular formula is C18H28ClF2N3O. The van der Waals surface area contributed by atoms with E-state index in [-0.39, 0.29) is 24.4 Å². The molecule has 1 aliphatic rings. The van der Waals surface area contributed by atoms with Crippen LogP contribution in [0.2, 0.25) is 0 Å². The molecule has 1 saturated heterocycles. The zero-order valence-corrected chi connectivity index (χ0v) is 15.7. The summed E-state index contributed by atoms with van der Waals surface area (Å²) >= 11 is 0. The molecule has 0 bridgehead atoms. The van der Waals surface area contributed by atoms with Crippen LogP contribution in [0.3, 0.4) is 0 Å². The molecule has 0 saturated carbocycles. The molecule has 1 aromatic rings. The molecule has 0 aliphatic carbocycles. The first kappa shape index (κ1) is 21.8. The maximum atomic E-state index is 14.1. The van der Waals surface area contributed by atoms with Gasteiger partial charge in [-0.2, -0.15) is 0 Å². The number of nitrogens with two attached hydrogens (primary N) is 1. The second-order valence-electron chi connectivity index (χ2n) is 6.35. The van der Waals surface area contributed by atoms with Crippen molar-refractivity contribution in [1.29, 1.82) is 0 Å².